The van der Waals surface area contributed by atoms with E-state index in [1.54, 1.807) is 18.3 Å². The van der Waals surface area contributed by atoms with E-state index in [1.807, 2.05) is 0 Å². The van der Waals surface area contributed by atoms with Crippen molar-refractivity contribution in [2.24, 2.45) is 0 Å². The molecule has 51 valence electrons. The van der Waals surface area contributed by atoms with E-state index in [4.69, 9.17) is 4.74 Å². The van der Waals surface area contributed by atoms with Crippen LogP contribution in [0.15, 0.2) is 18.3 Å². The Balaban J connectivity index is 2.50. The average molecular weight is 152 g/mol. The van der Waals surface area contributed by atoms with Gasteiger partial charge in [0, 0.05) is 23.7 Å². The van der Waals surface area contributed by atoms with Crippen molar-refractivity contribution in [2.45, 2.75) is 0 Å². The first-order chi connectivity index (χ1) is 4.93. The van der Waals surface area contributed by atoms with Crippen molar-refractivity contribution >= 4 is 17.6 Å². The number of nitrogens with zero attached hydrogens (tertiary/aromatic N) is 1. The van der Waals surface area contributed by atoms with E-state index in [2.05, 4.69) is 23.3 Å². The first kappa shape index (κ1) is 7.15. The van der Waals surface area contributed by atoms with Crippen LogP contribution in [0.1, 0.15) is 0 Å². The third-order valence-electron chi connectivity index (χ3n) is 0.888. The molecular formula is C7H6NOS. The number of rotatable bonds is 3. The van der Waals surface area contributed by atoms with Gasteiger partial charge in [-0.2, -0.15) is 0 Å². The molecule has 0 fully saturated rings. The molecule has 0 saturated carbocycles. The molecule has 0 bridgehead atoms. The SMILES string of the molecule is S=CCOc1cc[c]cn1. The van der Waals surface area contributed by atoms with E-state index in [9.17, 15) is 0 Å². The topological polar surface area (TPSA) is 22.1 Å². The molecule has 1 rings (SSSR count). The lowest BCUT2D eigenvalue weighted by molar-refractivity contribution is 0.367. The van der Waals surface area contributed by atoms with Crippen LogP contribution in [0, 0.1) is 6.07 Å². The first-order valence-corrected chi connectivity index (χ1v) is 3.29. The van der Waals surface area contributed by atoms with Crippen LogP contribution >= 0.6 is 12.2 Å². The number of pyridine rings is 1. The summed E-state index contributed by atoms with van der Waals surface area (Å²) in [6, 6.07) is 6.26. The average Bonchev–Trinajstić information content (AvgIpc) is 2.03. The zero-order valence-corrected chi connectivity index (χ0v) is 6.10. The summed E-state index contributed by atoms with van der Waals surface area (Å²) in [6.07, 6.45) is 1.55. The number of aromatic nitrogens is 1. The highest BCUT2D eigenvalue weighted by Gasteiger charge is 1.87. The quantitative estimate of drug-likeness (QED) is 0.609. The standard InChI is InChI=1S/C7H6NOS/c10-6-5-9-7-3-1-2-4-8-7/h1,3-4,6H,5H2. The molecule has 0 aliphatic carbocycles. The van der Waals surface area contributed by atoms with Gasteiger partial charge in [-0.3, -0.25) is 0 Å². The highest BCUT2D eigenvalue weighted by atomic mass is 32.1. The zero-order chi connectivity index (χ0) is 7.23. The van der Waals surface area contributed by atoms with Crippen LogP contribution in [0.2, 0.25) is 0 Å². The van der Waals surface area contributed by atoms with E-state index in [-0.39, 0.29) is 0 Å². The lowest BCUT2D eigenvalue weighted by atomic mass is 10.5. The maximum atomic E-state index is 5.06. The third kappa shape index (κ3) is 2.11. The minimum atomic E-state index is 0.423. The molecule has 0 saturated heterocycles. The van der Waals surface area contributed by atoms with E-state index in [0.29, 0.717) is 12.5 Å². The Bertz CT molecular complexity index is 200. The molecule has 0 aromatic carbocycles. The van der Waals surface area contributed by atoms with Gasteiger partial charge in [0.05, 0.1) is 0 Å². The molecule has 0 atom stereocenters. The van der Waals surface area contributed by atoms with Gasteiger partial charge in [-0.15, -0.1) is 0 Å². The normalized spacial score (nSPS) is 8.80. The fraction of sp³-hybridized carbons (Fsp3) is 0.143. The molecule has 1 heterocycles. The van der Waals surface area contributed by atoms with E-state index < -0.39 is 0 Å². The summed E-state index contributed by atoms with van der Waals surface area (Å²) in [5, 5.41) is 1.51. The van der Waals surface area contributed by atoms with Gasteiger partial charge in [-0.25, -0.2) is 4.98 Å². The predicted octanol–water partition coefficient (Wildman–Crippen LogP) is 1.26. The summed E-state index contributed by atoms with van der Waals surface area (Å²) in [4.78, 5) is 3.87. The smallest absolute Gasteiger partial charge is 0.213 e. The Morgan fingerprint density at radius 1 is 1.80 bits per heavy atom. The fourth-order valence-electron chi connectivity index (χ4n) is 0.511. The second kappa shape index (κ2) is 3.95. The Kier molecular flexibility index (Phi) is 2.83. The number of thiocarbonyl (C=S) groups is 1. The molecule has 0 amide bonds. The molecule has 1 aromatic heterocycles. The van der Waals surface area contributed by atoms with Crippen LogP contribution in [0.4, 0.5) is 0 Å². The number of hydrogen-bond acceptors (Lipinski definition) is 3. The molecular weight excluding hydrogens is 146 g/mol. The van der Waals surface area contributed by atoms with Crippen molar-refractivity contribution < 1.29 is 4.74 Å². The maximum absolute atomic E-state index is 5.06. The van der Waals surface area contributed by atoms with E-state index in [1.165, 1.54) is 5.37 Å². The second-order valence-corrected chi connectivity index (χ2v) is 1.91. The van der Waals surface area contributed by atoms with Crippen molar-refractivity contribution in [1.82, 2.24) is 4.98 Å². The summed E-state index contributed by atoms with van der Waals surface area (Å²) >= 11 is 4.57. The second-order valence-electron chi connectivity index (χ2n) is 1.57. The van der Waals surface area contributed by atoms with Gasteiger partial charge in [-0.1, -0.05) is 12.2 Å². The van der Waals surface area contributed by atoms with Crippen molar-refractivity contribution in [3.8, 4) is 5.88 Å². The van der Waals surface area contributed by atoms with Gasteiger partial charge >= 0.3 is 0 Å². The molecule has 0 aliphatic rings. The summed E-state index contributed by atoms with van der Waals surface area (Å²) in [7, 11) is 0. The summed E-state index contributed by atoms with van der Waals surface area (Å²) in [6.45, 7) is 0.423. The van der Waals surface area contributed by atoms with Crippen molar-refractivity contribution in [1.29, 1.82) is 0 Å². The molecule has 1 aromatic rings. The van der Waals surface area contributed by atoms with Crippen LogP contribution in [-0.2, 0) is 0 Å². The third-order valence-corrected chi connectivity index (χ3v) is 1.02. The van der Waals surface area contributed by atoms with Crippen molar-refractivity contribution in [2.75, 3.05) is 6.61 Å². The van der Waals surface area contributed by atoms with Crippen LogP contribution < -0.4 is 4.74 Å². The van der Waals surface area contributed by atoms with Gasteiger partial charge in [0.25, 0.3) is 0 Å². The molecule has 2 nitrogen and oxygen atoms in total. The van der Waals surface area contributed by atoms with Gasteiger partial charge in [0.2, 0.25) is 5.88 Å². The van der Waals surface area contributed by atoms with Crippen LogP contribution in [-0.4, -0.2) is 17.0 Å². The lowest BCUT2D eigenvalue weighted by Gasteiger charge is -1.97. The molecule has 0 aliphatic heterocycles. The minimum absolute atomic E-state index is 0.423. The highest BCUT2D eigenvalue weighted by molar-refractivity contribution is 7.79. The lowest BCUT2D eigenvalue weighted by Crippen LogP contribution is -1.97. The summed E-state index contributed by atoms with van der Waals surface area (Å²) in [5.41, 5.74) is 0. The van der Waals surface area contributed by atoms with Crippen molar-refractivity contribution in [3.63, 3.8) is 0 Å². The summed E-state index contributed by atoms with van der Waals surface area (Å²) in [5.74, 6) is 0.583. The molecule has 3 heteroatoms. The molecule has 0 spiro atoms. The monoisotopic (exact) mass is 152 g/mol. The van der Waals surface area contributed by atoms with E-state index in [0.717, 1.165) is 0 Å². The Hall–Kier alpha value is -0.960. The molecule has 10 heavy (non-hydrogen) atoms. The van der Waals surface area contributed by atoms with Crippen molar-refractivity contribution in [3.05, 3.63) is 24.4 Å². The Labute approximate surface area is 64.9 Å². The van der Waals surface area contributed by atoms with Gasteiger partial charge < -0.3 is 4.74 Å². The Morgan fingerprint density at radius 2 is 2.70 bits per heavy atom. The molecule has 1 radical (unpaired) electrons. The first-order valence-electron chi connectivity index (χ1n) is 2.82. The number of ether oxygens (including phenoxy) is 1. The summed E-state index contributed by atoms with van der Waals surface area (Å²) < 4.78 is 5.06. The Morgan fingerprint density at radius 3 is 3.30 bits per heavy atom. The number of hydrogen-bond donors (Lipinski definition) is 0. The minimum Gasteiger partial charge on any atom is -0.473 e. The predicted molar refractivity (Wildman–Crippen MR) is 42.2 cm³/mol. The maximum Gasteiger partial charge on any atom is 0.213 e. The fourth-order valence-corrected chi connectivity index (χ4v) is 0.579. The molecule has 0 unspecified atom stereocenters. The van der Waals surface area contributed by atoms with Gasteiger partial charge in [0.15, 0.2) is 0 Å². The van der Waals surface area contributed by atoms with Crippen LogP contribution in [0.3, 0.4) is 0 Å². The van der Waals surface area contributed by atoms with Crippen LogP contribution in [0.5, 0.6) is 5.88 Å². The van der Waals surface area contributed by atoms with E-state index >= 15 is 0 Å². The highest BCUT2D eigenvalue weighted by Crippen LogP contribution is 2.00. The van der Waals surface area contributed by atoms with Crippen LogP contribution in [0.25, 0.3) is 0 Å². The molecule has 0 N–H and O–H groups in total. The van der Waals surface area contributed by atoms with Gasteiger partial charge in [0.1, 0.15) is 6.61 Å². The zero-order valence-electron chi connectivity index (χ0n) is 5.28. The largest absolute Gasteiger partial charge is 0.473 e. The van der Waals surface area contributed by atoms with Gasteiger partial charge in [-0.05, 0) is 6.07 Å².